The Balaban J connectivity index is 0.000000371. The van der Waals surface area contributed by atoms with Crippen molar-refractivity contribution in [3.8, 4) is 0 Å². The monoisotopic (exact) mass is 505 g/mol. The van der Waals surface area contributed by atoms with Gasteiger partial charge in [-0.3, -0.25) is 9.59 Å². The Kier molecular flexibility index (Phi) is 8.81. The zero-order valence-corrected chi connectivity index (χ0v) is 20.6. The molecule has 0 amide bonds. The molecule has 0 radical (unpaired) electrons. The molecule has 5 rings (SSSR count). The number of fused-ring (bicyclic) bond motifs is 2. The van der Waals surface area contributed by atoms with E-state index in [9.17, 15) is 9.59 Å². The number of hydrogen-bond donors (Lipinski definition) is 5. The fourth-order valence-corrected chi connectivity index (χ4v) is 5.55. The second-order valence-electron chi connectivity index (χ2n) is 10.5. The predicted molar refractivity (Wildman–Crippen MR) is 118 cm³/mol. The highest BCUT2D eigenvalue weighted by Gasteiger charge is 2.69. The van der Waals surface area contributed by atoms with Crippen LogP contribution in [-0.4, -0.2) is 81.7 Å². The summed E-state index contributed by atoms with van der Waals surface area (Å²) in [6.45, 7) is 4.85. The molecule has 8 atom stereocenters. The van der Waals surface area contributed by atoms with Crippen molar-refractivity contribution < 1.29 is 54.0 Å². The highest BCUT2D eigenvalue weighted by Crippen LogP contribution is 2.60. The molecule has 1 saturated carbocycles. The number of hydrogen-bond acceptors (Lipinski definition) is 11. The summed E-state index contributed by atoms with van der Waals surface area (Å²) in [5, 5.41) is 33.8. The Labute approximate surface area is 204 Å². The molecule has 1 aliphatic carbocycles. The van der Waals surface area contributed by atoms with Crippen LogP contribution in [-0.2, 0) is 33.6 Å². The van der Waals surface area contributed by atoms with Gasteiger partial charge in [-0.1, -0.05) is 13.8 Å². The topological polar surface area (TPSA) is 187 Å². The summed E-state index contributed by atoms with van der Waals surface area (Å²) in [4.78, 5) is 34.5. The molecule has 6 N–H and O–H groups in total. The van der Waals surface area contributed by atoms with Crippen LogP contribution in [0.1, 0.15) is 59.3 Å². The highest BCUT2D eigenvalue weighted by molar-refractivity contribution is 5.76. The molecular formula is C23H39NO11. The third kappa shape index (κ3) is 5.64. The summed E-state index contributed by atoms with van der Waals surface area (Å²) in [6, 6.07) is 0. The van der Waals surface area contributed by atoms with Crippen molar-refractivity contribution in [1.82, 2.24) is 0 Å². The van der Waals surface area contributed by atoms with E-state index in [0.29, 0.717) is 12.3 Å². The lowest BCUT2D eigenvalue weighted by Gasteiger charge is -2.59. The first-order chi connectivity index (χ1) is 16.4. The minimum Gasteiger partial charge on any atom is -0.481 e. The summed E-state index contributed by atoms with van der Waals surface area (Å²) in [5.41, 5.74) is 3.24. The number of carbonyl (C=O) groups is 2. The minimum absolute atomic E-state index is 0.0670. The average molecular weight is 506 g/mol. The number of aliphatic carboxylic acids is 1. The van der Waals surface area contributed by atoms with Gasteiger partial charge in [-0.25, -0.2) is 9.78 Å². The van der Waals surface area contributed by atoms with Crippen LogP contribution < -0.4 is 5.73 Å². The molecule has 0 unspecified atom stereocenters. The van der Waals surface area contributed by atoms with Crippen LogP contribution >= 0.6 is 0 Å². The van der Waals surface area contributed by atoms with Crippen molar-refractivity contribution in [2.45, 2.75) is 88.8 Å². The van der Waals surface area contributed by atoms with Gasteiger partial charge in [0.2, 0.25) is 12.1 Å². The molecule has 202 valence electrons. The minimum atomic E-state index is -1.21. The van der Waals surface area contributed by atoms with Gasteiger partial charge in [0.1, 0.15) is 0 Å². The van der Waals surface area contributed by atoms with E-state index in [-0.39, 0.29) is 30.6 Å². The van der Waals surface area contributed by atoms with Crippen molar-refractivity contribution in [1.29, 1.82) is 0 Å². The fourth-order valence-electron chi connectivity index (χ4n) is 5.55. The smallest absolute Gasteiger partial charge is 0.308 e. The van der Waals surface area contributed by atoms with E-state index in [1.807, 2.05) is 13.8 Å². The number of rotatable bonds is 7. The number of ether oxygens (including phenoxy) is 3. The van der Waals surface area contributed by atoms with Crippen molar-refractivity contribution in [2.75, 3.05) is 19.8 Å². The highest BCUT2D eigenvalue weighted by atomic mass is 17.3. The Morgan fingerprint density at radius 3 is 2.26 bits per heavy atom. The maximum Gasteiger partial charge on any atom is 0.308 e. The van der Waals surface area contributed by atoms with Gasteiger partial charge in [-0.05, 0) is 38.0 Å². The molecular weight excluding hydrogens is 466 g/mol. The van der Waals surface area contributed by atoms with Gasteiger partial charge in [-0.2, -0.15) is 0 Å². The zero-order chi connectivity index (χ0) is 26.0. The Bertz CT molecular complexity index is 753. The number of carboxylic acids is 1. The van der Waals surface area contributed by atoms with Gasteiger partial charge in [0.15, 0.2) is 11.9 Å². The fraction of sp³-hybridized carbons (Fsp3) is 0.913. The molecule has 12 nitrogen and oxygen atoms in total. The molecule has 12 heteroatoms. The summed E-state index contributed by atoms with van der Waals surface area (Å²) in [5.74, 6) is -1.82. The van der Waals surface area contributed by atoms with Gasteiger partial charge in [0.05, 0.1) is 38.2 Å². The van der Waals surface area contributed by atoms with Gasteiger partial charge in [-0.15, -0.1) is 0 Å². The molecule has 1 spiro atoms. The summed E-state index contributed by atoms with van der Waals surface area (Å²) >= 11 is 0. The summed E-state index contributed by atoms with van der Waals surface area (Å²) in [7, 11) is 0. The number of aliphatic hydroxyl groups is 3. The van der Waals surface area contributed by atoms with E-state index >= 15 is 0 Å². The molecule has 5 fully saturated rings. The molecule has 5 aliphatic rings. The van der Waals surface area contributed by atoms with Crippen molar-refractivity contribution in [3.63, 3.8) is 0 Å². The van der Waals surface area contributed by atoms with Crippen LogP contribution in [0.4, 0.5) is 0 Å². The van der Waals surface area contributed by atoms with Crippen LogP contribution in [0.5, 0.6) is 0 Å². The lowest BCUT2D eigenvalue weighted by Crippen LogP contribution is -2.70. The van der Waals surface area contributed by atoms with Crippen molar-refractivity contribution in [2.24, 2.45) is 29.4 Å². The van der Waals surface area contributed by atoms with E-state index in [1.54, 1.807) is 0 Å². The maximum atomic E-state index is 12.1. The first kappa shape index (κ1) is 28.2. The normalized spacial score (nSPS) is 40.1. The number of carbonyl (C=O) groups excluding carboxylic acids is 1. The molecule has 0 aromatic rings. The van der Waals surface area contributed by atoms with Crippen LogP contribution in [0.3, 0.4) is 0 Å². The second-order valence-corrected chi connectivity index (χ2v) is 10.5. The standard InChI is InChI=1S/C19H28O8.C4H11NO3/c1-10-4-5-13-11(2)16(23-15(22)7-6-14(20)21)24-17-19(13)12(10)8-9-18(3,25-17)26-27-19;5-4(1-6,2-7)3-8/h10-13,16-17H,4-9H2,1-3H3,(H,20,21);6-8H,1-3,5H2/t10-,11-,12+,13+,16+,17-,18-,19-;/m1./s1. The molecule has 0 aromatic carbocycles. The first-order valence-corrected chi connectivity index (χ1v) is 12.2. The average Bonchev–Trinajstić information content (AvgIpc) is 3.06. The van der Waals surface area contributed by atoms with Crippen LogP contribution in [0.15, 0.2) is 0 Å². The number of nitrogens with two attached hydrogens (primary N) is 1. The zero-order valence-electron chi connectivity index (χ0n) is 20.6. The quantitative estimate of drug-likeness (QED) is 0.235. The third-order valence-electron chi connectivity index (χ3n) is 7.83. The largest absolute Gasteiger partial charge is 0.481 e. The second kappa shape index (κ2) is 10.9. The van der Waals surface area contributed by atoms with Gasteiger partial charge < -0.3 is 40.4 Å². The van der Waals surface area contributed by atoms with Crippen molar-refractivity contribution >= 4 is 11.9 Å². The Morgan fingerprint density at radius 1 is 1.03 bits per heavy atom. The molecule has 0 aromatic heterocycles. The predicted octanol–water partition coefficient (Wildman–Crippen LogP) is 0.263. The molecule has 4 heterocycles. The van der Waals surface area contributed by atoms with E-state index < -0.39 is 61.3 Å². The van der Waals surface area contributed by atoms with Crippen LogP contribution in [0.2, 0.25) is 0 Å². The lowest BCUT2D eigenvalue weighted by molar-refractivity contribution is -0.576. The van der Waals surface area contributed by atoms with E-state index in [4.69, 9.17) is 50.1 Å². The number of carboxylic acid groups (broad SMARTS) is 1. The van der Waals surface area contributed by atoms with E-state index in [0.717, 1.165) is 19.3 Å². The molecule has 2 bridgehead atoms. The third-order valence-corrected chi connectivity index (χ3v) is 7.83. The Morgan fingerprint density at radius 2 is 1.69 bits per heavy atom. The molecule has 4 saturated heterocycles. The van der Waals surface area contributed by atoms with Gasteiger partial charge >= 0.3 is 11.9 Å². The number of esters is 1. The van der Waals surface area contributed by atoms with E-state index in [2.05, 4.69) is 6.92 Å². The van der Waals surface area contributed by atoms with Gasteiger partial charge in [0, 0.05) is 18.3 Å². The molecule has 35 heavy (non-hydrogen) atoms. The summed E-state index contributed by atoms with van der Waals surface area (Å²) in [6.07, 6.45) is 1.72. The van der Waals surface area contributed by atoms with E-state index in [1.165, 1.54) is 0 Å². The van der Waals surface area contributed by atoms with Gasteiger partial charge in [0.25, 0.3) is 0 Å². The molecule has 4 aliphatic heterocycles. The maximum absolute atomic E-state index is 12.1. The lowest BCUT2D eigenvalue weighted by atomic mass is 9.58. The Hall–Kier alpha value is -1.38. The SMILES string of the molecule is C[C@H]1[C@@H](OC(=O)CCC(=O)O)O[C@@H]2O[C@@]3(C)CC[C@H]4[C@H](C)CC[C@@H]1[C@@]24OO3.NC(CO)(CO)CO. The van der Waals surface area contributed by atoms with Crippen molar-refractivity contribution in [3.05, 3.63) is 0 Å². The first-order valence-electron chi connectivity index (χ1n) is 12.2. The summed E-state index contributed by atoms with van der Waals surface area (Å²) < 4.78 is 17.8. The van der Waals surface area contributed by atoms with Crippen LogP contribution in [0, 0.1) is 23.7 Å². The number of aliphatic hydroxyl groups excluding tert-OH is 3. The van der Waals surface area contributed by atoms with Crippen LogP contribution in [0.25, 0.3) is 0 Å².